The fraction of sp³-hybridized carbons (Fsp3) is 0.200. The molecule has 2 unspecified atom stereocenters. The predicted molar refractivity (Wildman–Crippen MR) is 116 cm³/mol. The first-order valence-electron chi connectivity index (χ1n) is 10.0. The molecule has 1 aromatic heterocycles. The first kappa shape index (κ1) is 17.7. The number of hydrogen-bond acceptors (Lipinski definition) is 4. The molecule has 4 heteroatoms. The maximum absolute atomic E-state index is 13.4. The van der Waals surface area contributed by atoms with Crippen molar-refractivity contribution in [3.63, 3.8) is 0 Å². The number of pyridine rings is 1. The van der Waals surface area contributed by atoms with Crippen molar-refractivity contribution in [2.24, 2.45) is 0 Å². The van der Waals surface area contributed by atoms with Crippen LogP contribution in [0.15, 0.2) is 84.3 Å². The summed E-state index contributed by atoms with van der Waals surface area (Å²) in [6.45, 7) is 2.09. The first-order chi connectivity index (χ1) is 14.2. The van der Waals surface area contributed by atoms with E-state index in [2.05, 4.69) is 52.9 Å². The van der Waals surface area contributed by atoms with E-state index in [0.717, 1.165) is 34.6 Å². The van der Waals surface area contributed by atoms with Crippen LogP contribution < -0.4 is 10.6 Å². The zero-order valence-corrected chi connectivity index (χ0v) is 16.4. The van der Waals surface area contributed by atoms with Gasteiger partial charge in [-0.1, -0.05) is 48.0 Å². The highest BCUT2D eigenvalue weighted by Crippen LogP contribution is 2.44. The third-order valence-corrected chi connectivity index (χ3v) is 5.88. The van der Waals surface area contributed by atoms with Crippen molar-refractivity contribution in [3.8, 4) is 0 Å². The van der Waals surface area contributed by atoms with Crippen LogP contribution in [0.5, 0.6) is 0 Å². The zero-order valence-electron chi connectivity index (χ0n) is 16.4. The molecule has 2 atom stereocenters. The standard InChI is InChI=1S/C25H23N3O/c1-16-8-10-17(11-9-16)19-13-22-24(23(29)14-19)25(18-5-4-12-26-15-18)28-21-7-3-2-6-20(21)27-22/h2-12,15,19,25,27-28H,13-14H2,1H3. The van der Waals surface area contributed by atoms with Crippen molar-refractivity contribution in [2.45, 2.75) is 31.7 Å². The van der Waals surface area contributed by atoms with E-state index < -0.39 is 0 Å². The predicted octanol–water partition coefficient (Wildman–Crippen LogP) is 5.37. The number of carbonyl (C=O) groups is 1. The van der Waals surface area contributed by atoms with E-state index in [4.69, 9.17) is 0 Å². The third kappa shape index (κ3) is 3.31. The molecule has 4 nitrogen and oxygen atoms in total. The van der Waals surface area contributed by atoms with Crippen molar-refractivity contribution >= 4 is 17.2 Å². The molecule has 0 saturated carbocycles. The highest BCUT2D eigenvalue weighted by Gasteiger charge is 2.36. The Kier molecular flexibility index (Phi) is 4.39. The Morgan fingerprint density at radius 2 is 1.69 bits per heavy atom. The zero-order chi connectivity index (χ0) is 19.8. The summed E-state index contributed by atoms with van der Waals surface area (Å²) in [5, 5.41) is 7.16. The van der Waals surface area contributed by atoms with Gasteiger partial charge in [-0.15, -0.1) is 0 Å². The largest absolute Gasteiger partial charge is 0.372 e. The summed E-state index contributed by atoms with van der Waals surface area (Å²) in [7, 11) is 0. The number of fused-ring (bicyclic) bond motifs is 1. The lowest BCUT2D eigenvalue weighted by Crippen LogP contribution is -2.26. The molecule has 0 spiro atoms. The Morgan fingerprint density at radius 3 is 2.45 bits per heavy atom. The second-order valence-electron chi connectivity index (χ2n) is 7.87. The number of hydrogen-bond donors (Lipinski definition) is 2. The van der Waals surface area contributed by atoms with Gasteiger partial charge in [0.15, 0.2) is 5.78 Å². The number of anilines is 2. The summed E-state index contributed by atoms with van der Waals surface area (Å²) in [4.78, 5) is 17.7. The van der Waals surface area contributed by atoms with E-state index in [1.807, 2.05) is 36.5 Å². The van der Waals surface area contributed by atoms with Gasteiger partial charge in [-0.05, 0) is 48.6 Å². The van der Waals surface area contributed by atoms with Crippen LogP contribution in [0.4, 0.5) is 11.4 Å². The molecule has 144 valence electrons. The summed E-state index contributed by atoms with van der Waals surface area (Å²) >= 11 is 0. The second-order valence-corrected chi connectivity index (χ2v) is 7.87. The number of ketones is 1. The van der Waals surface area contributed by atoms with Crippen LogP contribution in [0.3, 0.4) is 0 Å². The Balaban J connectivity index is 1.60. The fourth-order valence-electron chi connectivity index (χ4n) is 4.36. The van der Waals surface area contributed by atoms with E-state index in [1.165, 1.54) is 11.1 Å². The number of aromatic nitrogens is 1. The first-order valence-corrected chi connectivity index (χ1v) is 10.0. The van der Waals surface area contributed by atoms with Gasteiger partial charge in [-0.25, -0.2) is 0 Å². The topological polar surface area (TPSA) is 54.0 Å². The lowest BCUT2D eigenvalue weighted by atomic mass is 9.78. The Bertz CT molecular complexity index is 1090. The van der Waals surface area contributed by atoms with E-state index in [1.54, 1.807) is 6.20 Å². The summed E-state index contributed by atoms with van der Waals surface area (Å²) in [6.07, 6.45) is 4.95. The maximum atomic E-state index is 13.4. The van der Waals surface area contributed by atoms with Crippen LogP contribution in [-0.4, -0.2) is 10.8 Å². The highest BCUT2D eigenvalue weighted by molar-refractivity contribution is 6.01. The Hall–Kier alpha value is -3.40. The normalized spacial score (nSPS) is 20.8. The third-order valence-electron chi connectivity index (χ3n) is 5.88. The molecule has 2 aliphatic rings. The minimum atomic E-state index is -0.207. The molecule has 2 aromatic carbocycles. The van der Waals surface area contributed by atoms with E-state index in [-0.39, 0.29) is 17.7 Å². The van der Waals surface area contributed by atoms with Crippen LogP contribution in [0.1, 0.15) is 41.5 Å². The van der Waals surface area contributed by atoms with Crippen molar-refractivity contribution in [3.05, 3.63) is 101 Å². The minimum Gasteiger partial charge on any atom is -0.372 e. The summed E-state index contributed by atoms with van der Waals surface area (Å²) in [5.41, 5.74) is 7.30. The molecule has 0 amide bonds. The summed E-state index contributed by atoms with van der Waals surface area (Å²) in [5.74, 6) is 0.382. The number of benzene rings is 2. The number of allylic oxidation sites excluding steroid dienone is 1. The van der Waals surface area contributed by atoms with Gasteiger partial charge in [0, 0.05) is 30.1 Å². The molecule has 3 aromatic rings. The van der Waals surface area contributed by atoms with E-state index in [9.17, 15) is 4.79 Å². The van der Waals surface area contributed by atoms with Crippen LogP contribution in [-0.2, 0) is 4.79 Å². The van der Waals surface area contributed by atoms with Crippen molar-refractivity contribution < 1.29 is 4.79 Å². The van der Waals surface area contributed by atoms with Gasteiger partial charge in [0.05, 0.1) is 17.4 Å². The van der Waals surface area contributed by atoms with Crippen molar-refractivity contribution in [2.75, 3.05) is 10.6 Å². The number of nitrogens with one attached hydrogen (secondary N) is 2. The smallest absolute Gasteiger partial charge is 0.163 e. The molecule has 0 radical (unpaired) electrons. The van der Waals surface area contributed by atoms with Gasteiger partial charge >= 0.3 is 0 Å². The number of para-hydroxylation sites is 2. The number of rotatable bonds is 2. The van der Waals surface area contributed by atoms with E-state index >= 15 is 0 Å². The van der Waals surface area contributed by atoms with Crippen LogP contribution in [0, 0.1) is 6.92 Å². The molecule has 5 rings (SSSR count). The molecule has 29 heavy (non-hydrogen) atoms. The average Bonchev–Trinajstić information content (AvgIpc) is 2.92. The summed E-state index contributed by atoms with van der Waals surface area (Å²) in [6, 6.07) is 20.4. The second kappa shape index (κ2) is 7.21. The maximum Gasteiger partial charge on any atom is 0.163 e. The molecule has 2 N–H and O–H groups in total. The Morgan fingerprint density at radius 1 is 0.897 bits per heavy atom. The van der Waals surface area contributed by atoms with Crippen molar-refractivity contribution in [1.82, 2.24) is 4.98 Å². The lowest BCUT2D eigenvalue weighted by molar-refractivity contribution is -0.116. The number of carbonyl (C=O) groups excluding carboxylic acids is 1. The van der Waals surface area contributed by atoms with Gasteiger partial charge in [-0.2, -0.15) is 0 Å². The van der Waals surface area contributed by atoms with Crippen molar-refractivity contribution in [1.29, 1.82) is 0 Å². The molecule has 2 heterocycles. The van der Waals surface area contributed by atoms with Gasteiger partial charge in [-0.3, -0.25) is 9.78 Å². The van der Waals surface area contributed by atoms with Gasteiger partial charge in [0.1, 0.15) is 0 Å². The lowest BCUT2D eigenvalue weighted by Gasteiger charge is -2.29. The highest BCUT2D eigenvalue weighted by atomic mass is 16.1. The van der Waals surface area contributed by atoms with Crippen LogP contribution in [0.25, 0.3) is 0 Å². The van der Waals surface area contributed by atoms with Crippen LogP contribution >= 0.6 is 0 Å². The van der Waals surface area contributed by atoms with E-state index in [0.29, 0.717) is 6.42 Å². The van der Waals surface area contributed by atoms with Gasteiger partial charge in [0.2, 0.25) is 0 Å². The van der Waals surface area contributed by atoms with Gasteiger partial charge < -0.3 is 10.6 Å². The molecule has 0 bridgehead atoms. The molecular formula is C25H23N3O. The summed E-state index contributed by atoms with van der Waals surface area (Å²) < 4.78 is 0. The minimum absolute atomic E-state index is 0.189. The average molecular weight is 381 g/mol. The quantitative estimate of drug-likeness (QED) is 0.627. The fourth-order valence-corrected chi connectivity index (χ4v) is 4.36. The van der Waals surface area contributed by atoms with Gasteiger partial charge in [0.25, 0.3) is 0 Å². The molecular weight excluding hydrogens is 358 g/mol. The van der Waals surface area contributed by atoms with Crippen LogP contribution in [0.2, 0.25) is 0 Å². The molecule has 0 saturated heterocycles. The molecule has 1 aliphatic carbocycles. The monoisotopic (exact) mass is 381 g/mol. The number of aryl methyl sites for hydroxylation is 1. The molecule has 0 fully saturated rings. The number of nitrogens with zero attached hydrogens (tertiary/aromatic N) is 1. The SMILES string of the molecule is Cc1ccc(C2CC(=O)C3=C(C2)Nc2ccccc2NC3c2cccnc2)cc1. The number of Topliss-reactive ketones (excluding diaryl/α,β-unsaturated/α-hetero) is 1. The molecule has 1 aliphatic heterocycles. The Labute approximate surface area is 170 Å².